The maximum Gasteiger partial charge on any atom is 0.239 e. The van der Waals surface area contributed by atoms with Gasteiger partial charge in [-0.2, -0.15) is 0 Å². The smallest absolute Gasteiger partial charge is 0.239 e. The van der Waals surface area contributed by atoms with Gasteiger partial charge in [0.25, 0.3) is 0 Å². The van der Waals surface area contributed by atoms with Gasteiger partial charge in [0.1, 0.15) is 11.9 Å². The summed E-state index contributed by atoms with van der Waals surface area (Å²) in [6, 6.07) is 8.00. The lowest BCUT2D eigenvalue weighted by Gasteiger charge is -2.40. The zero-order valence-electron chi connectivity index (χ0n) is 19.4. The van der Waals surface area contributed by atoms with Gasteiger partial charge in [-0.1, -0.05) is 19.1 Å². The lowest BCUT2D eigenvalue weighted by atomic mass is 9.91. The monoisotopic (exact) mass is 462 g/mol. The molecule has 4 rings (SSSR count). The topological polar surface area (TPSA) is 115 Å². The van der Waals surface area contributed by atoms with Gasteiger partial charge < -0.3 is 34.3 Å². The quantitative estimate of drug-likeness (QED) is 0.568. The van der Waals surface area contributed by atoms with E-state index < -0.39 is 30.5 Å². The van der Waals surface area contributed by atoms with Gasteiger partial charge in [-0.15, -0.1) is 5.10 Å². The van der Waals surface area contributed by atoms with Crippen LogP contribution >= 0.6 is 0 Å². The molecule has 0 aliphatic carbocycles. The Hall–Kier alpha value is -2.17. The minimum atomic E-state index is -1.26. The van der Waals surface area contributed by atoms with Crippen molar-refractivity contribution in [3.05, 3.63) is 41.1 Å². The summed E-state index contributed by atoms with van der Waals surface area (Å²) in [6.45, 7) is 4.82. The maximum absolute atomic E-state index is 10.6. The first kappa shape index (κ1) is 24.0. The van der Waals surface area contributed by atoms with E-state index in [4.69, 9.17) is 24.0 Å². The fraction of sp³-hybridized carbons (Fsp3) is 0.625. The van der Waals surface area contributed by atoms with Crippen LogP contribution < -0.4 is 9.47 Å². The molecule has 1 aromatic heterocycles. The van der Waals surface area contributed by atoms with Gasteiger partial charge in [-0.05, 0) is 37.5 Å². The molecular formula is C24H34N2O7. The molecule has 0 bridgehead atoms. The van der Waals surface area contributed by atoms with Gasteiger partial charge in [-0.25, -0.2) is 0 Å². The van der Waals surface area contributed by atoms with Crippen molar-refractivity contribution < 1.29 is 34.3 Å². The third kappa shape index (κ3) is 5.02. The number of nitrogens with zero attached hydrogens (tertiary/aromatic N) is 2. The summed E-state index contributed by atoms with van der Waals surface area (Å²) >= 11 is 0. The molecule has 0 unspecified atom stereocenters. The molecule has 182 valence electrons. The second kappa shape index (κ2) is 10.4. The van der Waals surface area contributed by atoms with Crippen molar-refractivity contribution in [2.24, 2.45) is 5.92 Å². The molecule has 2 saturated heterocycles. The Morgan fingerprint density at radius 2 is 1.82 bits per heavy atom. The van der Waals surface area contributed by atoms with Crippen LogP contribution in [0.5, 0.6) is 11.6 Å². The van der Waals surface area contributed by atoms with E-state index in [1.54, 1.807) is 14.0 Å². The van der Waals surface area contributed by atoms with Crippen molar-refractivity contribution >= 4 is 0 Å². The van der Waals surface area contributed by atoms with Crippen LogP contribution in [0.25, 0.3) is 0 Å². The van der Waals surface area contributed by atoms with Gasteiger partial charge in [0.15, 0.2) is 0 Å². The molecule has 33 heavy (non-hydrogen) atoms. The maximum atomic E-state index is 10.6. The van der Waals surface area contributed by atoms with Crippen LogP contribution in [0.2, 0.25) is 0 Å². The number of methoxy groups -OCH3 is 1. The zero-order valence-corrected chi connectivity index (χ0v) is 19.4. The molecule has 1 aromatic carbocycles. The Balaban J connectivity index is 1.64. The fourth-order valence-electron chi connectivity index (χ4n) is 4.54. The molecule has 0 radical (unpaired) electrons. The summed E-state index contributed by atoms with van der Waals surface area (Å²) < 4.78 is 24.6. The van der Waals surface area contributed by atoms with Crippen LogP contribution in [0.3, 0.4) is 0 Å². The number of hydrogen-bond donors (Lipinski definition) is 3. The van der Waals surface area contributed by atoms with E-state index in [1.165, 1.54) is 0 Å². The van der Waals surface area contributed by atoms with Crippen molar-refractivity contribution in [2.75, 3.05) is 26.9 Å². The minimum Gasteiger partial charge on any atom is -0.497 e. The number of aromatic nitrogens is 2. The predicted octanol–water partition coefficient (Wildman–Crippen LogP) is 1.60. The molecule has 2 aromatic rings. The first-order valence-electron chi connectivity index (χ1n) is 11.5. The number of aliphatic hydroxyl groups excluding tert-OH is 3. The minimum absolute atomic E-state index is 0.193. The summed E-state index contributed by atoms with van der Waals surface area (Å²) in [6.07, 6.45) is -1.84. The standard InChI is InChI=1S/C24H34N2O7/c1-14-20(13-27)32-24(22(29)21(14)28)33-23-19(12-16-4-6-18(30-3)7-5-16)15(2)26(25-23)17-8-10-31-11-9-17/h4-7,14,17,20-22,24,27-29H,8-13H2,1-3H3/t14-,20-,21+,22-,24+/m1/s1. The summed E-state index contributed by atoms with van der Waals surface area (Å²) in [5.74, 6) is 0.712. The molecule has 0 spiro atoms. The van der Waals surface area contributed by atoms with E-state index in [1.807, 2.05) is 35.9 Å². The zero-order chi connectivity index (χ0) is 23.5. The summed E-state index contributed by atoms with van der Waals surface area (Å²) in [7, 11) is 1.63. The molecule has 2 aliphatic rings. The van der Waals surface area contributed by atoms with Crippen LogP contribution in [0.15, 0.2) is 24.3 Å². The van der Waals surface area contributed by atoms with E-state index in [9.17, 15) is 15.3 Å². The van der Waals surface area contributed by atoms with Crippen LogP contribution in [-0.2, 0) is 15.9 Å². The summed E-state index contributed by atoms with van der Waals surface area (Å²) in [4.78, 5) is 0. The van der Waals surface area contributed by atoms with Gasteiger partial charge in [0.05, 0.1) is 32.0 Å². The molecule has 3 N–H and O–H groups in total. The molecule has 2 fully saturated rings. The molecule has 9 heteroatoms. The second-order valence-corrected chi connectivity index (χ2v) is 8.87. The second-order valence-electron chi connectivity index (χ2n) is 8.87. The van der Waals surface area contributed by atoms with Crippen LogP contribution in [-0.4, -0.2) is 76.6 Å². The summed E-state index contributed by atoms with van der Waals surface area (Å²) in [5, 5.41) is 35.5. The van der Waals surface area contributed by atoms with E-state index >= 15 is 0 Å². The Kier molecular flexibility index (Phi) is 7.55. The third-order valence-corrected chi connectivity index (χ3v) is 6.78. The Labute approximate surface area is 193 Å². The fourth-order valence-corrected chi connectivity index (χ4v) is 4.54. The highest BCUT2D eigenvalue weighted by Crippen LogP contribution is 2.33. The Morgan fingerprint density at radius 3 is 2.45 bits per heavy atom. The van der Waals surface area contributed by atoms with Crippen molar-refractivity contribution in [2.45, 2.75) is 63.8 Å². The molecule has 0 saturated carbocycles. The molecule has 9 nitrogen and oxygen atoms in total. The first-order valence-corrected chi connectivity index (χ1v) is 11.5. The van der Waals surface area contributed by atoms with Crippen LogP contribution in [0, 0.1) is 12.8 Å². The Morgan fingerprint density at radius 1 is 1.12 bits per heavy atom. The molecular weight excluding hydrogens is 428 g/mol. The van der Waals surface area contributed by atoms with E-state index in [-0.39, 0.29) is 12.6 Å². The first-order chi connectivity index (χ1) is 15.9. The van der Waals surface area contributed by atoms with E-state index in [2.05, 4.69) is 0 Å². The number of benzene rings is 1. The van der Waals surface area contributed by atoms with Gasteiger partial charge in [0, 0.05) is 36.8 Å². The van der Waals surface area contributed by atoms with Gasteiger partial charge in [0.2, 0.25) is 12.2 Å². The molecule has 5 atom stereocenters. The number of aliphatic hydroxyl groups is 3. The SMILES string of the molecule is COc1ccc(Cc2c(O[C@@H]3O[C@H](CO)[C@@H](C)[C@H](O)[C@H]3O)nn(C3CCOCC3)c2C)cc1. The van der Waals surface area contributed by atoms with E-state index in [0.717, 1.165) is 35.4 Å². The molecule has 3 heterocycles. The van der Waals surface area contributed by atoms with Crippen molar-refractivity contribution in [1.82, 2.24) is 9.78 Å². The number of ether oxygens (including phenoxy) is 4. The summed E-state index contributed by atoms with van der Waals surface area (Å²) in [5.41, 5.74) is 2.92. The normalized spacial score (nSPS) is 28.6. The third-order valence-electron chi connectivity index (χ3n) is 6.78. The van der Waals surface area contributed by atoms with Crippen molar-refractivity contribution in [1.29, 1.82) is 0 Å². The largest absolute Gasteiger partial charge is 0.497 e. The Bertz CT molecular complexity index is 908. The molecule has 2 aliphatic heterocycles. The number of hydrogen-bond acceptors (Lipinski definition) is 8. The average molecular weight is 463 g/mol. The van der Waals surface area contributed by atoms with Crippen LogP contribution in [0.1, 0.15) is 42.6 Å². The number of rotatable bonds is 7. The van der Waals surface area contributed by atoms with Gasteiger partial charge in [-0.3, -0.25) is 4.68 Å². The highest BCUT2D eigenvalue weighted by atomic mass is 16.7. The van der Waals surface area contributed by atoms with Crippen molar-refractivity contribution in [3.8, 4) is 11.6 Å². The van der Waals surface area contributed by atoms with E-state index in [0.29, 0.717) is 25.5 Å². The predicted molar refractivity (Wildman–Crippen MR) is 119 cm³/mol. The lowest BCUT2D eigenvalue weighted by molar-refractivity contribution is -0.261. The highest BCUT2D eigenvalue weighted by Gasteiger charge is 2.44. The lowest BCUT2D eigenvalue weighted by Crippen LogP contribution is -2.56. The van der Waals surface area contributed by atoms with Gasteiger partial charge >= 0.3 is 0 Å². The molecule has 0 amide bonds. The van der Waals surface area contributed by atoms with Crippen LogP contribution in [0.4, 0.5) is 0 Å². The highest BCUT2D eigenvalue weighted by molar-refractivity contribution is 5.38. The average Bonchev–Trinajstić information content (AvgIpc) is 3.15. The van der Waals surface area contributed by atoms with Crippen molar-refractivity contribution in [3.63, 3.8) is 0 Å².